The third-order valence-corrected chi connectivity index (χ3v) is 6.77. The third-order valence-electron chi connectivity index (χ3n) is 6.77. The first-order chi connectivity index (χ1) is 10.5. The first-order valence-electron chi connectivity index (χ1n) is 8.58. The Morgan fingerprint density at radius 2 is 2.00 bits per heavy atom. The fourth-order valence-corrected chi connectivity index (χ4v) is 5.36. The lowest BCUT2D eigenvalue weighted by molar-refractivity contribution is 0.0245. The largest absolute Gasteiger partial charge is 0.497 e. The van der Waals surface area contributed by atoms with Gasteiger partial charge in [-0.3, -0.25) is 0 Å². The van der Waals surface area contributed by atoms with E-state index in [0.29, 0.717) is 11.5 Å². The summed E-state index contributed by atoms with van der Waals surface area (Å²) in [7, 11) is 4.11. The van der Waals surface area contributed by atoms with E-state index in [0.717, 1.165) is 11.7 Å². The number of hydrogen-bond donors (Lipinski definition) is 0. The minimum atomic E-state index is 0.350. The number of methoxy groups -OCH3 is 1. The maximum atomic E-state index is 5.54. The van der Waals surface area contributed by atoms with Gasteiger partial charge in [-0.1, -0.05) is 17.2 Å². The predicted octanol–water partition coefficient (Wildman–Crippen LogP) is 3.94. The van der Waals surface area contributed by atoms with Crippen LogP contribution in [0.3, 0.4) is 0 Å². The summed E-state index contributed by atoms with van der Waals surface area (Å²) in [6.45, 7) is 5.92. The molecule has 0 spiro atoms. The van der Waals surface area contributed by atoms with Crippen LogP contribution in [0.2, 0.25) is 0 Å². The third kappa shape index (κ3) is 1.83. The standard InChI is InChI=1S/C20H27NO/c1-13-9-18-19-10-15-5-6-16(22-4)11-17(15)20(18,12-14(13)2)7-8-21(19)3/h5-6,11,18-19H,7-10,12H2,1-4H3/t18-,19+,20-/m0/s1. The van der Waals surface area contributed by atoms with Crippen molar-refractivity contribution >= 4 is 0 Å². The number of likely N-dealkylation sites (N-methyl/N-ethyl adjacent to an activating group) is 1. The predicted molar refractivity (Wildman–Crippen MR) is 90.5 cm³/mol. The molecule has 118 valence electrons. The summed E-state index contributed by atoms with van der Waals surface area (Å²) in [6.07, 6.45) is 5.01. The van der Waals surface area contributed by atoms with Gasteiger partial charge in [-0.05, 0) is 82.3 Å². The van der Waals surface area contributed by atoms with E-state index in [9.17, 15) is 0 Å². The number of benzene rings is 1. The van der Waals surface area contributed by atoms with E-state index in [1.165, 1.54) is 32.2 Å². The molecule has 0 N–H and O–H groups in total. The van der Waals surface area contributed by atoms with Crippen molar-refractivity contribution in [3.63, 3.8) is 0 Å². The van der Waals surface area contributed by atoms with E-state index < -0.39 is 0 Å². The molecule has 0 amide bonds. The van der Waals surface area contributed by atoms with Gasteiger partial charge < -0.3 is 9.64 Å². The van der Waals surface area contributed by atoms with Gasteiger partial charge in [-0.2, -0.15) is 0 Å². The van der Waals surface area contributed by atoms with Gasteiger partial charge in [0.25, 0.3) is 0 Å². The molecule has 1 saturated heterocycles. The van der Waals surface area contributed by atoms with Crippen molar-refractivity contribution in [2.75, 3.05) is 20.7 Å². The summed E-state index contributed by atoms with van der Waals surface area (Å²) in [5, 5.41) is 0. The molecule has 1 aromatic rings. The van der Waals surface area contributed by atoms with Crippen molar-refractivity contribution in [3.8, 4) is 5.75 Å². The summed E-state index contributed by atoms with van der Waals surface area (Å²) < 4.78 is 5.54. The molecule has 0 saturated carbocycles. The molecule has 0 aromatic heterocycles. The Morgan fingerprint density at radius 3 is 2.77 bits per heavy atom. The number of rotatable bonds is 1. The van der Waals surface area contributed by atoms with Crippen molar-refractivity contribution in [2.45, 2.75) is 51.0 Å². The minimum absolute atomic E-state index is 0.350. The Labute approximate surface area is 134 Å². The number of allylic oxidation sites excluding steroid dienone is 2. The Hall–Kier alpha value is -1.28. The quantitative estimate of drug-likeness (QED) is 0.728. The molecule has 2 bridgehead atoms. The van der Waals surface area contributed by atoms with E-state index in [1.54, 1.807) is 29.4 Å². The average Bonchev–Trinajstić information content (AvgIpc) is 2.52. The van der Waals surface area contributed by atoms with Crippen LogP contribution in [0.25, 0.3) is 0 Å². The number of hydrogen-bond acceptors (Lipinski definition) is 2. The van der Waals surface area contributed by atoms with Crippen LogP contribution in [0.4, 0.5) is 0 Å². The number of ether oxygens (including phenoxy) is 1. The Bertz CT molecular complexity index is 647. The highest BCUT2D eigenvalue weighted by Crippen LogP contribution is 2.56. The van der Waals surface area contributed by atoms with E-state index in [4.69, 9.17) is 4.74 Å². The number of likely N-dealkylation sites (tertiary alicyclic amines) is 1. The smallest absolute Gasteiger partial charge is 0.119 e. The lowest BCUT2D eigenvalue weighted by Gasteiger charge is -2.58. The summed E-state index contributed by atoms with van der Waals surface area (Å²) in [5.74, 6) is 1.79. The first-order valence-corrected chi connectivity index (χ1v) is 8.58. The second-order valence-corrected chi connectivity index (χ2v) is 7.73. The van der Waals surface area contributed by atoms with Crippen molar-refractivity contribution in [1.82, 2.24) is 4.90 Å². The molecule has 0 unspecified atom stereocenters. The SMILES string of the molecule is COc1ccc2c(c1)[C@@]13CCN(C)[C@H](C2)[C@@H]1CC(C)=C(C)C3. The Kier molecular flexibility index (Phi) is 3.16. The molecule has 3 aliphatic rings. The topological polar surface area (TPSA) is 12.5 Å². The number of nitrogens with zero attached hydrogens (tertiary/aromatic N) is 1. The summed E-state index contributed by atoms with van der Waals surface area (Å²) in [5.41, 5.74) is 6.75. The molecular formula is C20H27NO. The number of piperidine rings is 1. The fourth-order valence-electron chi connectivity index (χ4n) is 5.36. The van der Waals surface area contributed by atoms with Gasteiger partial charge in [-0.15, -0.1) is 0 Å². The van der Waals surface area contributed by atoms with Crippen LogP contribution in [-0.2, 0) is 11.8 Å². The molecule has 4 rings (SSSR count). The molecule has 1 fully saturated rings. The van der Waals surface area contributed by atoms with Crippen LogP contribution < -0.4 is 4.74 Å². The van der Waals surface area contributed by atoms with E-state index in [2.05, 4.69) is 44.0 Å². The summed E-state index contributed by atoms with van der Waals surface area (Å²) >= 11 is 0. The van der Waals surface area contributed by atoms with Crippen LogP contribution in [-0.4, -0.2) is 31.6 Å². The zero-order valence-corrected chi connectivity index (χ0v) is 14.3. The molecule has 22 heavy (non-hydrogen) atoms. The van der Waals surface area contributed by atoms with Gasteiger partial charge in [0.1, 0.15) is 5.75 Å². The van der Waals surface area contributed by atoms with Gasteiger partial charge in [0.15, 0.2) is 0 Å². The molecule has 1 heterocycles. The van der Waals surface area contributed by atoms with Gasteiger partial charge in [0.05, 0.1) is 7.11 Å². The average molecular weight is 297 g/mol. The first kappa shape index (κ1) is 14.3. The lowest BCUT2D eigenvalue weighted by atomic mass is 9.52. The maximum Gasteiger partial charge on any atom is 0.119 e. The zero-order valence-electron chi connectivity index (χ0n) is 14.3. The highest BCUT2D eigenvalue weighted by molar-refractivity contribution is 5.47. The van der Waals surface area contributed by atoms with Crippen molar-refractivity contribution < 1.29 is 4.74 Å². The summed E-state index contributed by atoms with van der Waals surface area (Å²) in [6, 6.07) is 7.51. The van der Waals surface area contributed by atoms with E-state index in [1.807, 2.05) is 0 Å². The fraction of sp³-hybridized carbons (Fsp3) is 0.600. The zero-order chi connectivity index (χ0) is 15.5. The molecule has 0 radical (unpaired) electrons. The van der Waals surface area contributed by atoms with Gasteiger partial charge in [-0.25, -0.2) is 0 Å². The second kappa shape index (κ2) is 4.86. The maximum absolute atomic E-state index is 5.54. The molecule has 2 aliphatic carbocycles. The van der Waals surface area contributed by atoms with Crippen molar-refractivity contribution in [1.29, 1.82) is 0 Å². The van der Waals surface area contributed by atoms with Crippen LogP contribution >= 0.6 is 0 Å². The highest BCUT2D eigenvalue weighted by Gasteiger charge is 2.53. The Balaban J connectivity index is 1.91. The van der Waals surface area contributed by atoms with E-state index >= 15 is 0 Å². The number of fused-ring (bicyclic) bond motifs is 1. The Morgan fingerprint density at radius 1 is 1.18 bits per heavy atom. The van der Waals surface area contributed by atoms with Crippen LogP contribution in [0.5, 0.6) is 5.75 Å². The van der Waals surface area contributed by atoms with E-state index in [-0.39, 0.29) is 0 Å². The van der Waals surface area contributed by atoms with Crippen LogP contribution in [0.15, 0.2) is 29.3 Å². The highest BCUT2D eigenvalue weighted by atomic mass is 16.5. The molecular weight excluding hydrogens is 270 g/mol. The van der Waals surface area contributed by atoms with Gasteiger partial charge in [0.2, 0.25) is 0 Å². The van der Waals surface area contributed by atoms with Crippen molar-refractivity contribution in [3.05, 3.63) is 40.5 Å². The molecule has 3 atom stereocenters. The second-order valence-electron chi connectivity index (χ2n) is 7.73. The van der Waals surface area contributed by atoms with Crippen molar-refractivity contribution in [2.24, 2.45) is 5.92 Å². The molecule has 2 nitrogen and oxygen atoms in total. The molecule has 2 heteroatoms. The minimum Gasteiger partial charge on any atom is -0.497 e. The lowest BCUT2D eigenvalue weighted by Crippen LogP contribution is -2.59. The van der Waals surface area contributed by atoms with Crippen LogP contribution in [0, 0.1) is 5.92 Å². The molecule has 1 aliphatic heterocycles. The molecule has 1 aromatic carbocycles. The van der Waals surface area contributed by atoms with Gasteiger partial charge >= 0.3 is 0 Å². The van der Waals surface area contributed by atoms with Gasteiger partial charge in [0, 0.05) is 11.5 Å². The van der Waals surface area contributed by atoms with Crippen LogP contribution in [0.1, 0.15) is 44.2 Å². The monoisotopic (exact) mass is 297 g/mol. The normalized spacial score (nSPS) is 34.2. The summed E-state index contributed by atoms with van der Waals surface area (Å²) in [4.78, 5) is 2.62.